The Morgan fingerprint density at radius 2 is 1.68 bits per heavy atom. The van der Waals surface area contributed by atoms with E-state index in [-0.39, 0.29) is 0 Å². The third kappa shape index (κ3) is 2.76. The lowest BCUT2D eigenvalue weighted by Gasteiger charge is -2.36. The van der Waals surface area contributed by atoms with Gasteiger partial charge in [-0.25, -0.2) is 4.98 Å². The number of aromatic amines is 1. The molecule has 0 spiro atoms. The smallest absolute Gasteiger partial charge is 0.131 e. The van der Waals surface area contributed by atoms with Gasteiger partial charge in [0.2, 0.25) is 0 Å². The summed E-state index contributed by atoms with van der Waals surface area (Å²) < 4.78 is 0.638. The van der Waals surface area contributed by atoms with Gasteiger partial charge >= 0.3 is 0 Å². The number of aromatic nitrogens is 2. The number of nitrogens with zero attached hydrogens (tertiary/aromatic N) is 3. The SMILES string of the molecule is S=c1cc(N2CCN(c3ccccc3)CC2)[nH]cn1. The molecule has 1 saturated heterocycles. The molecule has 0 radical (unpaired) electrons. The maximum atomic E-state index is 5.10. The number of benzene rings is 1. The van der Waals surface area contributed by atoms with E-state index >= 15 is 0 Å². The maximum Gasteiger partial charge on any atom is 0.131 e. The Hall–Kier alpha value is -1.88. The highest BCUT2D eigenvalue weighted by molar-refractivity contribution is 7.71. The van der Waals surface area contributed by atoms with Crippen molar-refractivity contribution in [2.75, 3.05) is 36.0 Å². The van der Waals surface area contributed by atoms with Crippen molar-refractivity contribution in [3.63, 3.8) is 0 Å². The first-order valence-electron chi connectivity index (χ1n) is 6.42. The van der Waals surface area contributed by atoms with Gasteiger partial charge in [0.15, 0.2) is 0 Å². The van der Waals surface area contributed by atoms with Crippen LogP contribution >= 0.6 is 12.2 Å². The molecule has 1 fully saturated rings. The third-order valence-electron chi connectivity index (χ3n) is 3.41. The summed E-state index contributed by atoms with van der Waals surface area (Å²) in [4.78, 5) is 11.9. The van der Waals surface area contributed by atoms with Crippen molar-refractivity contribution >= 4 is 23.7 Å². The molecule has 19 heavy (non-hydrogen) atoms. The van der Waals surface area contributed by atoms with E-state index < -0.39 is 0 Å². The molecule has 4 nitrogen and oxygen atoms in total. The van der Waals surface area contributed by atoms with E-state index in [9.17, 15) is 0 Å². The molecule has 1 aliphatic rings. The van der Waals surface area contributed by atoms with E-state index in [1.54, 1.807) is 6.33 Å². The van der Waals surface area contributed by atoms with Crippen LogP contribution in [0.2, 0.25) is 0 Å². The Kier molecular flexibility index (Phi) is 3.46. The van der Waals surface area contributed by atoms with Crippen molar-refractivity contribution in [1.29, 1.82) is 0 Å². The number of anilines is 2. The highest BCUT2D eigenvalue weighted by Crippen LogP contribution is 2.18. The van der Waals surface area contributed by atoms with Crippen LogP contribution in [0.1, 0.15) is 0 Å². The molecule has 2 aromatic rings. The second-order valence-electron chi connectivity index (χ2n) is 4.58. The van der Waals surface area contributed by atoms with Crippen LogP contribution in [0.4, 0.5) is 11.5 Å². The lowest BCUT2D eigenvalue weighted by Crippen LogP contribution is -2.46. The minimum absolute atomic E-state index is 0.638. The van der Waals surface area contributed by atoms with Gasteiger partial charge in [0, 0.05) is 37.9 Å². The molecule has 0 bridgehead atoms. The quantitative estimate of drug-likeness (QED) is 0.852. The van der Waals surface area contributed by atoms with Crippen molar-refractivity contribution in [2.24, 2.45) is 0 Å². The van der Waals surface area contributed by atoms with Crippen LogP contribution in [-0.2, 0) is 0 Å². The molecule has 0 saturated carbocycles. The van der Waals surface area contributed by atoms with E-state index in [4.69, 9.17) is 12.2 Å². The second-order valence-corrected chi connectivity index (χ2v) is 5.00. The summed E-state index contributed by atoms with van der Waals surface area (Å²) in [6, 6.07) is 12.5. The molecule has 0 unspecified atom stereocenters. The molecule has 1 aliphatic heterocycles. The standard InChI is InChI=1S/C14H16N4S/c19-14-10-13(15-11-16-14)18-8-6-17(7-9-18)12-4-2-1-3-5-12/h1-5,10-11H,6-9H2,(H,15,16,19). The summed E-state index contributed by atoms with van der Waals surface area (Å²) in [6.07, 6.45) is 1.67. The summed E-state index contributed by atoms with van der Waals surface area (Å²) in [7, 11) is 0. The van der Waals surface area contributed by atoms with Crippen molar-refractivity contribution in [3.05, 3.63) is 47.4 Å². The maximum absolute atomic E-state index is 5.10. The molecule has 2 heterocycles. The first-order chi connectivity index (χ1) is 9.33. The van der Waals surface area contributed by atoms with Crippen LogP contribution in [0.3, 0.4) is 0 Å². The molecule has 1 N–H and O–H groups in total. The first kappa shape index (κ1) is 12.2. The average Bonchev–Trinajstić information content (AvgIpc) is 2.48. The monoisotopic (exact) mass is 272 g/mol. The minimum atomic E-state index is 0.638. The van der Waals surface area contributed by atoms with Crippen molar-refractivity contribution < 1.29 is 0 Å². The fourth-order valence-electron chi connectivity index (χ4n) is 2.38. The predicted octanol–water partition coefficient (Wildman–Crippen LogP) is 2.47. The summed E-state index contributed by atoms with van der Waals surface area (Å²) in [5, 5.41) is 0. The Morgan fingerprint density at radius 1 is 1.00 bits per heavy atom. The number of rotatable bonds is 2. The van der Waals surface area contributed by atoms with Gasteiger partial charge in [-0.15, -0.1) is 0 Å². The van der Waals surface area contributed by atoms with Gasteiger partial charge in [0.05, 0.1) is 6.33 Å². The van der Waals surface area contributed by atoms with E-state index in [0.717, 1.165) is 32.0 Å². The van der Waals surface area contributed by atoms with Crippen LogP contribution < -0.4 is 9.80 Å². The molecular weight excluding hydrogens is 256 g/mol. The van der Waals surface area contributed by atoms with Crippen molar-refractivity contribution in [1.82, 2.24) is 9.97 Å². The highest BCUT2D eigenvalue weighted by atomic mass is 32.1. The summed E-state index contributed by atoms with van der Waals surface area (Å²) in [5.74, 6) is 1.06. The van der Waals surface area contributed by atoms with E-state index in [2.05, 4.69) is 50.1 Å². The normalized spacial score (nSPS) is 15.6. The number of nitrogens with one attached hydrogen (secondary N) is 1. The van der Waals surface area contributed by atoms with Crippen LogP contribution in [-0.4, -0.2) is 36.1 Å². The van der Waals surface area contributed by atoms with Gasteiger partial charge in [-0.2, -0.15) is 0 Å². The fourth-order valence-corrected chi connectivity index (χ4v) is 2.55. The largest absolute Gasteiger partial charge is 0.368 e. The zero-order valence-corrected chi connectivity index (χ0v) is 11.4. The summed E-state index contributed by atoms with van der Waals surface area (Å²) in [5.41, 5.74) is 1.30. The lowest BCUT2D eigenvalue weighted by atomic mass is 10.2. The Morgan fingerprint density at radius 3 is 2.37 bits per heavy atom. The molecule has 0 atom stereocenters. The third-order valence-corrected chi connectivity index (χ3v) is 3.63. The number of hydrogen-bond donors (Lipinski definition) is 1. The van der Waals surface area contributed by atoms with Crippen molar-refractivity contribution in [3.8, 4) is 0 Å². The lowest BCUT2D eigenvalue weighted by molar-refractivity contribution is 0.646. The Balaban J connectivity index is 1.68. The predicted molar refractivity (Wildman–Crippen MR) is 80.3 cm³/mol. The van der Waals surface area contributed by atoms with Gasteiger partial charge < -0.3 is 14.8 Å². The van der Waals surface area contributed by atoms with Crippen molar-refractivity contribution in [2.45, 2.75) is 0 Å². The number of hydrogen-bond acceptors (Lipinski definition) is 4. The summed E-state index contributed by atoms with van der Waals surface area (Å²) in [6.45, 7) is 4.02. The number of piperazine rings is 1. The molecule has 5 heteroatoms. The second kappa shape index (κ2) is 5.40. The van der Waals surface area contributed by atoms with Crippen LogP contribution in [0, 0.1) is 4.64 Å². The molecular formula is C14H16N4S. The number of H-pyrrole nitrogens is 1. The molecule has 3 rings (SSSR count). The zero-order chi connectivity index (χ0) is 13.1. The molecule has 98 valence electrons. The van der Waals surface area contributed by atoms with E-state index in [0.29, 0.717) is 4.64 Å². The number of para-hydroxylation sites is 1. The van der Waals surface area contributed by atoms with Gasteiger partial charge in [-0.05, 0) is 12.1 Å². The highest BCUT2D eigenvalue weighted by Gasteiger charge is 2.17. The van der Waals surface area contributed by atoms with E-state index in [1.165, 1.54) is 5.69 Å². The topological polar surface area (TPSA) is 35.2 Å². The van der Waals surface area contributed by atoms with Gasteiger partial charge in [0.25, 0.3) is 0 Å². The fraction of sp³-hybridized carbons (Fsp3) is 0.286. The van der Waals surface area contributed by atoms with Gasteiger partial charge in [-0.3, -0.25) is 0 Å². The molecule has 1 aromatic carbocycles. The van der Waals surface area contributed by atoms with Gasteiger partial charge in [-0.1, -0.05) is 30.4 Å². The molecule has 1 aromatic heterocycles. The Bertz CT molecular complexity index is 588. The van der Waals surface area contributed by atoms with Crippen LogP contribution in [0.15, 0.2) is 42.7 Å². The Labute approximate surface area is 117 Å². The minimum Gasteiger partial charge on any atom is -0.368 e. The zero-order valence-electron chi connectivity index (χ0n) is 10.6. The average molecular weight is 272 g/mol. The summed E-state index contributed by atoms with van der Waals surface area (Å²) >= 11 is 5.10. The van der Waals surface area contributed by atoms with Gasteiger partial charge in [0.1, 0.15) is 10.5 Å². The van der Waals surface area contributed by atoms with E-state index in [1.807, 2.05) is 6.07 Å². The van der Waals surface area contributed by atoms with Crippen LogP contribution in [0.5, 0.6) is 0 Å². The molecule has 0 aliphatic carbocycles. The van der Waals surface area contributed by atoms with Crippen LogP contribution in [0.25, 0.3) is 0 Å². The first-order valence-corrected chi connectivity index (χ1v) is 6.83. The molecule has 0 amide bonds.